The molecule has 2 aromatic rings. The zero-order chi connectivity index (χ0) is 21.6. The lowest BCUT2D eigenvalue weighted by atomic mass is 10.1. The van der Waals surface area contributed by atoms with Crippen molar-refractivity contribution >= 4 is 5.91 Å². The lowest BCUT2D eigenvalue weighted by Gasteiger charge is -2.35. The van der Waals surface area contributed by atoms with Crippen LogP contribution in [0.5, 0.6) is 5.88 Å². The summed E-state index contributed by atoms with van der Waals surface area (Å²) in [5.74, 6) is 0.574. The molecular weight excluding hydrogens is 390 g/mol. The van der Waals surface area contributed by atoms with Crippen LogP contribution < -0.4 is 10.1 Å². The lowest BCUT2D eigenvalue weighted by molar-refractivity contribution is -0.0704. The van der Waals surface area contributed by atoms with E-state index in [4.69, 9.17) is 9.47 Å². The standard InChI is InChI=1S/C25H33N3O3/c1-18-15-28(16-19(2)30-18)17-20-7-9-22(10-8-20)25(29)27-14-21-11-12-26-24(13-21)31-23-5-3-4-6-23/h7-13,18-19,23H,3-6,14-17H2,1-2H3,(H,27,29)/t18-,19-/m0/s1. The third-order valence-corrected chi connectivity index (χ3v) is 5.96. The smallest absolute Gasteiger partial charge is 0.251 e. The van der Waals surface area contributed by atoms with Crippen molar-refractivity contribution in [1.29, 1.82) is 0 Å². The molecule has 1 amide bonds. The number of rotatable bonds is 7. The first-order valence-electron chi connectivity index (χ1n) is 11.4. The van der Waals surface area contributed by atoms with Crippen molar-refractivity contribution in [3.05, 3.63) is 59.3 Å². The molecule has 0 spiro atoms. The summed E-state index contributed by atoms with van der Waals surface area (Å²) in [5, 5.41) is 3.00. The van der Waals surface area contributed by atoms with Gasteiger partial charge in [-0.05, 0) is 68.9 Å². The Balaban J connectivity index is 1.28. The van der Waals surface area contributed by atoms with Crippen molar-refractivity contribution in [2.24, 2.45) is 0 Å². The molecule has 2 aliphatic rings. The van der Waals surface area contributed by atoms with Crippen molar-refractivity contribution in [2.45, 2.75) is 70.9 Å². The average Bonchev–Trinajstić information content (AvgIpc) is 3.25. The normalized spacial score (nSPS) is 22.4. The summed E-state index contributed by atoms with van der Waals surface area (Å²) >= 11 is 0. The van der Waals surface area contributed by atoms with Crippen LogP contribution in [0.25, 0.3) is 0 Å². The van der Waals surface area contributed by atoms with Crippen molar-refractivity contribution in [2.75, 3.05) is 13.1 Å². The number of benzene rings is 1. The summed E-state index contributed by atoms with van der Waals surface area (Å²) < 4.78 is 11.8. The quantitative estimate of drug-likeness (QED) is 0.731. The highest BCUT2D eigenvalue weighted by atomic mass is 16.5. The number of pyridine rings is 1. The number of carbonyl (C=O) groups is 1. The molecule has 2 atom stereocenters. The fourth-order valence-corrected chi connectivity index (χ4v) is 4.52. The van der Waals surface area contributed by atoms with E-state index < -0.39 is 0 Å². The molecule has 2 heterocycles. The second-order valence-electron chi connectivity index (χ2n) is 8.86. The summed E-state index contributed by atoms with van der Waals surface area (Å²) in [5.41, 5.74) is 2.87. The maximum Gasteiger partial charge on any atom is 0.251 e. The second-order valence-corrected chi connectivity index (χ2v) is 8.86. The van der Waals surface area contributed by atoms with Crippen molar-refractivity contribution in [1.82, 2.24) is 15.2 Å². The number of morpholine rings is 1. The molecule has 0 bridgehead atoms. The molecule has 6 nitrogen and oxygen atoms in total. The summed E-state index contributed by atoms with van der Waals surface area (Å²) in [6.45, 7) is 7.43. The van der Waals surface area contributed by atoms with Gasteiger partial charge in [-0.3, -0.25) is 9.69 Å². The lowest BCUT2D eigenvalue weighted by Crippen LogP contribution is -2.44. The second kappa shape index (κ2) is 10.2. The average molecular weight is 424 g/mol. The van der Waals surface area contributed by atoms with Crippen LogP contribution in [-0.4, -0.2) is 47.2 Å². The van der Waals surface area contributed by atoms with Crippen LogP contribution in [0.15, 0.2) is 42.6 Å². The highest BCUT2D eigenvalue weighted by Crippen LogP contribution is 2.23. The Morgan fingerprint density at radius 1 is 1.10 bits per heavy atom. The molecule has 1 saturated carbocycles. The Kier molecular flexibility index (Phi) is 7.20. The highest BCUT2D eigenvalue weighted by molar-refractivity contribution is 5.94. The van der Waals surface area contributed by atoms with Crippen molar-refractivity contribution in [3.63, 3.8) is 0 Å². The van der Waals surface area contributed by atoms with E-state index in [9.17, 15) is 4.79 Å². The first-order valence-corrected chi connectivity index (χ1v) is 11.4. The molecule has 2 fully saturated rings. The fourth-order valence-electron chi connectivity index (χ4n) is 4.52. The van der Waals surface area contributed by atoms with Crippen LogP contribution in [0.4, 0.5) is 0 Å². The summed E-state index contributed by atoms with van der Waals surface area (Å²) in [4.78, 5) is 19.3. The molecule has 1 aromatic heterocycles. The Labute approximate surface area is 185 Å². The van der Waals surface area contributed by atoms with Gasteiger partial charge in [-0.25, -0.2) is 4.98 Å². The molecule has 6 heteroatoms. The third-order valence-electron chi connectivity index (χ3n) is 5.96. The van der Waals surface area contributed by atoms with Crippen LogP contribution in [0.1, 0.15) is 61.0 Å². The first-order chi connectivity index (χ1) is 15.0. The summed E-state index contributed by atoms with van der Waals surface area (Å²) in [6, 6.07) is 11.7. The predicted octanol–water partition coefficient (Wildman–Crippen LogP) is 3.94. The Morgan fingerprint density at radius 2 is 1.81 bits per heavy atom. The SMILES string of the molecule is C[C@H]1CN(Cc2ccc(C(=O)NCc3ccnc(OC4CCCC4)c3)cc2)C[C@H](C)O1. The van der Waals surface area contributed by atoms with Gasteiger partial charge in [-0.15, -0.1) is 0 Å². The van der Waals surface area contributed by atoms with E-state index in [0.29, 0.717) is 18.0 Å². The van der Waals surface area contributed by atoms with Crippen LogP contribution in [-0.2, 0) is 17.8 Å². The number of aromatic nitrogens is 1. The van der Waals surface area contributed by atoms with Gasteiger partial charge in [0, 0.05) is 44.0 Å². The minimum Gasteiger partial charge on any atom is -0.474 e. The number of carbonyl (C=O) groups excluding carboxylic acids is 1. The van der Waals surface area contributed by atoms with Crippen LogP contribution in [0, 0.1) is 0 Å². The molecule has 0 unspecified atom stereocenters. The van der Waals surface area contributed by atoms with E-state index in [0.717, 1.165) is 38.0 Å². The van der Waals surface area contributed by atoms with Gasteiger partial charge in [0.2, 0.25) is 5.88 Å². The van der Waals surface area contributed by atoms with E-state index in [1.807, 2.05) is 36.4 Å². The third kappa shape index (κ3) is 6.28. The summed E-state index contributed by atoms with van der Waals surface area (Å²) in [6.07, 6.45) is 7.18. The van der Waals surface area contributed by atoms with Gasteiger partial charge in [-0.2, -0.15) is 0 Å². The highest BCUT2D eigenvalue weighted by Gasteiger charge is 2.22. The predicted molar refractivity (Wildman–Crippen MR) is 120 cm³/mol. The molecule has 4 rings (SSSR count). The van der Waals surface area contributed by atoms with E-state index in [1.54, 1.807) is 6.20 Å². The van der Waals surface area contributed by atoms with Crippen molar-refractivity contribution < 1.29 is 14.3 Å². The van der Waals surface area contributed by atoms with Gasteiger partial charge in [-0.1, -0.05) is 12.1 Å². The van der Waals surface area contributed by atoms with Gasteiger partial charge in [0.05, 0.1) is 12.2 Å². The molecule has 0 radical (unpaired) electrons. The number of nitrogens with zero attached hydrogens (tertiary/aromatic N) is 2. The molecule has 31 heavy (non-hydrogen) atoms. The van der Waals surface area contributed by atoms with Gasteiger partial charge in [0.25, 0.3) is 5.91 Å². The zero-order valence-electron chi connectivity index (χ0n) is 18.5. The van der Waals surface area contributed by atoms with E-state index in [2.05, 4.69) is 29.0 Å². The summed E-state index contributed by atoms with van der Waals surface area (Å²) in [7, 11) is 0. The molecule has 1 saturated heterocycles. The van der Waals surface area contributed by atoms with Crippen LogP contribution >= 0.6 is 0 Å². The Morgan fingerprint density at radius 3 is 2.52 bits per heavy atom. The van der Waals surface area contributed by atoms with Gasteiger partial charge in [0.15, 0.2) is 0 Å². The largest absolute Gasteiger partial charge is 0.474 e. The Hall–Kier alpha value is -2.44. The molecule has 1 N–H and O–H groups in total. The monoisotopic (exact) mass is 423 g/mol. The zero-order valence-corrected chi connectivity index (χ0v) is 18.5. The minimum absolute atomic E-state index is 0.0739. The van der Waals surface area contributed by atoms with E-state index in [1.165, 1.54) is 18.4 Å². The number of hydrogen-bond donors (Lipinski definition) is 1. The van der Waals surface area contributed by atoms with Gasteiger partial charge in [0.1, 0.15) is 6.10 Å². The maximum atomic E-state index is 12.6. The Bertz CT molecular complexity index is 855. The van der Waals surface area contributed by atoms with E-state index >= 15 is 0 Å². The molecule has 166 valence electrons. The van der Waals surface area contributed by atoms with Gasteiger partial charge < -0.3 is 14.8 Å². The fraction of sp³-hybridized carbons (Fsp3) is 0.520. The van der Waals surface area contributed by atoms with Crippen LogP contribution in [0.2, 0.25) is 0 Å². The minimum atomic E-state index is -0.0739. The van der Waals surface area contributed by atoms with Gasteiger partial charge >= 0.3 is 0 Å². The topological polar surface area (TPSA) is 63.7 Å². The number of hydrogen-bond acceptors (Lipinski definition) is 5. The molecule has 1 aliphatic carbocycles. The molecule has 1 aliphatic heterocycles. The maximum absolute atomic E-state index is 12.6. The number of amides is 1. The number of nitrogens with one attached hydrogen (secondary N) is 1. The molecular formula is C25H33N3O3. The van der Waals surface area contributed by atoms with E-state index in [-0.39, 0.29) is 24.2 Å². The number of ether oxygens (including phenoxy) is 2. The first kappa shape index (κ1) is 21.8. The van der Waals surface area contributed by atoms with Crippen LogP contribution in [0.3, 0.4) is 0 Å². The van der Waals surface area contributed by atoms with Crippen molar-refractivity contribution in [3.8, 4) is 5.88 Å². The molecule has 1 aromatic carbocycles.